The zero-order chi connectivity index (χ0) is 25.8. The normalized spacial score (nSPS) is 12.0. The number of nitrogens with zero attached hydrogens (tertiary/aromatic N) is 3. The number of carbonyl (C=O) groups excluding carboxylic acids is 3. The highest BCUT2D eigenvalue weighted by Crippen LogP contribution is 2.32. The van der Waals surface area contributed by atoms with Crippen LogP contribution in [0, 0.1) is 6.92 Å². The summed E-state index contributed by atoms with van der Waals surface area (Å²) in [5, 5.41) is 12.2. The highest BCUT2D eigenvalue weighted by molar-refractivity contribution is 8.00. The Bertz CT molecular complexity index is 1440. The third-order valence-corrected chi connectivity index (χ3v) is 6.75. The molecule has 3 heterocycles. The monoisotopic (exact) mass is 510 g/mol. The van der Waals surface area contributed by atoms with Gasteiger partial charge in [0, 0.05) is 0 Å². The van der Waals surface area contributed by atoms with Crippen molar-refractivity contribution in [1.29, 1.82) is 0 Å². The van der Waals surface area contributed by atoms with Gasteiger partial charge in [0.15, 0.2) is 10.8 Å². The van der Waals surface area contributed by atoms with Crippen molar-refractivity contribution in [3.8, 4) is 0 Å². The van der Waals surface area contributed by atoms with Crippen molar-refractivity contribution in [2.24, 2.45) is 0 Å². The molecule has 0 radical (unpaired) electrons. The van der Waals surface area contributed by atoms with Gasteiger partial charge in [0.05, 0.1) is 24.0 Å². The minimum Gasteiger partial charge on any atom is -0.462 e. The van der Waals surface area contributed by atoms with Gasteiger partial charge in [0.2, 0.25) is 11.8 Å². The quantitative estimate of drug-likeness (QED) is 0.253. The minimum atomic E-state index is -0.789. The van der Waals surface area contributed by atoms with Crippen molar-refractivity contribution < 1.29 is 28.3 Å². The van der Waals surface area contributed by atoms with E-state index in [4.69, 9.17) is 13.9 Å². The van der Waals surface area contributed by atoms with Gasteiger partial charge in [-0.25, -0.2) is 9.59 Å². The predicted octanol–water partition coefficient (Wildman–Crippen LogP) is 4.65. The Morgan fingerprint density at radius 3 is 2.39 bits per heavy atom. The van der Waals surface area contributed by atoms with Gasteiger partial charge >= 0.3 is 11.9 Å². The second-order valence-corrected chi connectivity index (χ2v) is 8.92. The number of aryl methyl sites for hydroxylation is 1. The fraction of sp³-hybridized carbons (Fsp3) is 0.320. The highest BCUT2D eigenvalue weighted by Gasteiger charge is 2.32. The smallest absolute Gasteiger partial charge is 0.344 e. The molecule has 0 saturated heterocycles. The van der Waals surface area contributed by atoms with E-state index in [2.05, 4.69) is 15.5 Å². The molecule has 11 heteroatoms. The molecule has 10 nitrogen and oxygen atoms in total. The molecule has 1 aromatic carbocycles. The summed E-state index contributed by atoms with van der Waals surface area (Å²) in [4.78, 5) is 38.5. The summed E-state index contributed by atoms with van der Waals surface area (Å²) in [5.41, 5.74) is 1.35. The molecular weight excluding hydrogens is 484 g/mol. The number of nitrogens with one attached hydrogen (secondary N) is 1. The van der Waals surface area contributed by atoms with Crippen molar-refractivity contribution >= 4 is 52.0 Å². The number of hydrogen-bond donors (Lipinski definition) is 1. The standard InChI is InChI=1S/C25H26N4O6S/c1-5-17(36-25-28-27-18-13-12-15-10-8-9-11-16(15)29(18)25)21(30)26-22-20(24(32)34-7-3)19(14(4)35-22)23(31)33-6-2/h8-13,17H,5-7H2,1-4H3,(H,26,30). The van der Waals surface area contributed by atoms with E-state index >= 15 is 0 Å². The van der Waals surface area contributed by atoms with Crippen molar-refractivity contribution in [2.75, 3.05) is 18.5 Å². The number of aromatic nitrogens is 3. The molecular formula is C25H26N4O6S. The van der Waals surface area contributed by atoms with E-state index in [0.717, 1.165) is 10.9 Å². The van der Waals surface area contributed by atoms with Gasteiger partial charge in [-0.15, -0.1) is 10.2 Å². The number of ether oxygens (including phenoxy) is 2. The average Bonchev–Trinajstić information content (AvgIpc) is 3.43. The summed E-state index contributed by atoms with van der Waals surface area (Å²) in [6.07, 6.45) is 0.454. The lowest BCUT2D eigenvalue weighted by atomic mass is 10.1. The second kappa shape index (κ2) is 10.8. The van der Waals surface area contributed by atoms with Crippen LogP contribution < -0.4 is 5.32 Å². The molecule has 4 rings (SSSR count). The molecule has 36 heavy (non-hydrogen) atoms. The molecule has 0 spiro atoms. The van der Waals surface area contributed by atoms with Gasteiger partial charge in [-0.2, -0.15) is 0 Å². The number of amides is 1. The third kappa shape index (κ3) is 4.78. The fourth-order valence-electron chi connectivity index (χ4n) is 3.81. The molecule has 0 aliphatic carbocycles. The maximum atomic E-state index is 13.3. The Morgan fingerprint density at radius 2 is 1.69 bits per heavy atom. The number of benzene rings is 1. The van der Waals surface area contributed by atoms with E-state index < -0.39 is 23.1 Å². The van der Waals surface area contributed by atoms with Crippen LogP contribution in [0.2, 0.25) is 0 Å². The third-order valence-electron chi connectivity index (χ3n) is 5.44. The molecule has 0 bridgehead atoms. The van der Waals surface area contributed by atoms with Crippen LogP contribution in [0.25, 0.3) is 16.6 Å². The summed E-state index contributed by atoms with van der Waals surface area (Å²) in [6.45, 7) is 6.87. The summed E-state index contributed by atoms with van der Waals surface area (Å²) < 4.78 is 17.7. The highest BCUT2D eigenvalue weighted by atomic mass is 32.2. The van der Waals surface area contributed by atoms with Crippen LogP contribution in [-0.4, -0.2) is 50.9 Å². The number of fused-ring (bicyclic) bond motifs is 3. The Labute approximate surface area is 211 Å². The van der Waals surface area contributed by atoms with Crippen LogP contribution in [0.3, 0.4) is 0 Å². The zero-order valence-corrected chi connectivity index (χ0v) is 21.2. The topological polar surface area (TPSA) is 125 Å². The first kappa shape index (κ1) is 25.2. The molecule has 1 amide bonds. The number of pyridine rings is 1. The Balaban J connectivity index is 1.65. The summed E-state index contributed by atoms with van der Waals surface area (Å²) >= 11 is 1.24. The first-order valence-electron chi connectivity index (χ1n) is 11.6. The van der Waals surface area contributed by atoms with Gasteiger partial charge in [0.1, 0.15) is 16.9 Å². The van der Waals surface area contributed by atoms with Crippen LogP contribution in [0.5, 0.6) is 0 Å². The van der Waals surface area contributed by atoms with Gasteiger partial charge in [-0.1, -0.05) is 36.9 Å². The van der Waals surface area contributed by atoms with Crippen molar-refractivity contribution in [1.82, 2.24) is 14.6 Å². The van der Waals surface area contributed by atoms with Gasteiger partial charge in [-0.05, 0) is 50.8 Å². The number of hydrogen-bond acceptors (Lipinski definition) is 9. The molecule has 0 aliphatic heterocycles. The maximum Gasteiger partial charge on any atom is 0.344 e. The number of carbonyl (C=O) groups is 3. The van der Waals surface area contributed by atoms with E-state index in [9.17, 15) is 14.4 Å². The molecule has 4 aromatic rings. The Kier molecular flexibility index (Phi) is 7.58. The van der Waals surface area contributed by atoms with Crippen LogP contribution in [0.15, 0.2) is 46.0 Å². The zero-order valence-electron chi connectivity index (χ0n) is 20.4. The van der Waals surface area contributed by atoms with E-state index in [-0.39, 0.29) is 36.0 Å². The van der Waals surface area contributed by atoms with Crippen molar-refractivity contribution in [3.63, 3.8) is 0 Å². The van der Waals surface area contributed by atoms with E-state index in [1.165, 1.54) is 18.7 Å². The Hall–Kier alpha value is -3.86. The van der Waals surface area contributed by atoms with Gasteiger partial charge in [0.25, 0.3) is 0 Å². The summed E-state index contributed by atoms with van der Waals surface area (Å²) in [7, 11) is 0. The van der Waals surface area contributed by atoms with Gasteiger partial charge in [-0.3, -0.25) is 14.5 Å². The molecule has 0 saturated carbocycles. The van der Waals surface area contributed by atoms with Crippen LogP contribution in [-0.2, 0) is 14.3 Å². The lowest BCUT2D eigenvalue weighted by Crippen LogP contribution is -2.26. The molecule has 3 aromatic heterocycles. The first-order chi connectivity index (χ1) is 17.4. The number of esters is 2. The SMILES string of the molecule is CCOC(=O)c1c(C)oc(NC(=O)C(CC)Sc2nnc3ccc4ccccc4n23)c1C(=O)OCC. The van der Waals surface area contributed by atoms with Gasteiger partial charge < -0.3 is 13.9 Å². The summed E-state index contributed by atoms with van der Waals surface area (Å²) in [6, 6.07) is 11.7. The fourth-order valence-corrected chi connectivity index (χ4v) is 4.78. The first-order valence-corrected chi connectivity index (χ1v) is 12.5. The van der Waals surface area contributed by atoms with Crippen LogP contribution >= 0.6 is 11.8 Å². The lowest BCUT2D eigenvalue weighted by Gasteiger charge is -2.14. The molecule has 1 N–H and O–H groups in total. The number of anilines is 1. The number of thioether (sulfide) groups is 1. The Morgan fingerprint density at radius 1 is 1.00 bits per heavy atom. The van der Waals surface area contributed by atoms with Crippen molar-refractivity contribution in [2.45, 2.75) is 44.5 Å². The number of rotatable bonds is 9. The number of para-hydroxylation sites is 1. The van der Waals surface area contributed by atoms with E-state index in [0.29, 0.717) is 17.2 Å². The molecule has 1 atom stereocenters. The summed E-state index contributed by atoms with van der Waals surface area (Å²) in [5.74, 6) is -1.96. The second-order valence-electron chi connectivity index (χ2n) is 7.75. The molecule has 0 fully saturated rings. The molecule has 188 valence electrons. The molecule has 0 aliphatic rings. The average molecular weight is 511 g/mol. The van der Waals surface area contributed by atoms with Crippen LogP contribution in [0.4, 0.5) is 5.88 Å². The molecule has 1 unspecified atom stereocenters. The number of furan rings is 1. The largest absolute Gasteiger partial charge is 0.462 e. The van der Waals surface area contributed by atoms with E-state index in [1.807, 2.05) is 47.7 Å². The maximum absolute atomic E-state index is 13.3. The predicted molar refractivity (Wildman–Crippen MR) is 134 cm³/mol. The minimum absolute atomic E-state index is 0.0683. The van der Waals surface area contributed by atoms with E-state index in [1.54, 1.807) is 13.8 Å². The van der Waals surface area contributed by atoms with Crippen molar-refractivity contribution in [3.05, 3.63) is 53.3 Å². The lowest BCUT2D eigenvalue weighted by molar-refractivity contribution is -0.115. The van der Waals surface area contributed by atoms with Crippen LogP contribution in [0.1, 0.15) is 53.7 Å².